The highest BCUT2D eigenvalue weighted by molar-refractivity contribution is 5.89. The fourth-order valence-corrected chi connectivity index (χ4v) is 1.61. The van der Waals surface area contributed by atoms with Crippen LogP contribution in [0.4, 0.5) is 5.82 Å². The molecular weight excluding hydrogens is 246 g/mol. The normalized spacial score (nSPS) is 11.9. The summed E-state index contributed by atoms with van der Waals surface area (Å²) >= 11 is 0. The molecule has 2 heterocycles. The number of carbonyl (C=O) groups is 1. The second kappa shape index (κ2) is 5.51. The second-order valence-electron chi connectivity index (χ2n) is 4.10. The van der Waals surface area contributed by atoms with Crippen LogP contribution in [0.25, 0.3) is 0 Å². The van der Waals surface area contributed by atoms with E-state index in [0.29, 0.717) is 17.3 Å². The zero-order chi connectivity index (χ0) is 13.8. The van der Waals surface area contributed by atoms with Crippen LogP contribution in [0, 0.1) is 6.92 Å². The number of hydrogen-bond donors (Lipinski definition) is 1. The standard InChI is InChI=1S/C13H15N3O3/c1-8-7-15-12(19-8)9(2)16-11-6-10(4-5-14-11)13(17)18-3/h4-7,9H,1-3H3,(H,14,16). The molecule has 0 aromatic carbocycles. The molecule has 2 rings (SSSR count). The lowest BCUT2D eigenvalue weighted by Crippen LogP contribution is -2.09. The monoisotopic (exact) mass is 261 g/mol. The third-order valence-electron chi connectivity index (χ3n) is 2.55. The van der Waals surface area contributed by atoms with Crippen LogP contribution >= 0.6 is 0 Å². The Morgan fingerprint density at radius 2 is 2.26 bits per heavy atom. The van der Waals surface area contributed by atoms with Gasteiger partial charge in [0.2, 0.25) is 5.89 Å². The number of carbonyl (C=O) groups excluding carboxylic acids is 1. The van der Waals surface area contributed by atoms with Gasteiger partial charge in [-0.2, -0.15) is 0 Å². The summed E-state index contributed by atoms with van der Waals surface area (Å²) < 4.78 is 10.1. The molecule has 2 aromatic rings. The van der Waals surface area contributed by atoms with Crippen LogP contribution in [0.1, 0.15) is 35.0 Å². The van der Waals surface area contributed by atoms with Gasteiger partial charge >= 0.3 is 5.97 Å². The first kappa shape index (κ1) is 13.1. The average molecular weight is 261 g/mol. The quantitative estimate of drug-likeness (QED) is 0.851. The van der Waals surface area contributed by atoms with Gasteiger partial charge in [-0.3, -0.25) is 0 Å². The van der Waals surface area contributed by atoms with Crippen molar-refractivity contribution in [3.63, 3.8) is 0 Å². The van der Waals surface area contributed by atoms with Crippen LogP contribution in [-0.2, 0) is 4.74 Å². The minimum atomic E-state index is -0.398. The number of methoxy groups -OCH3 is 1. The molecule has 0 aliphatic heterocycles. The van der Waals surface area contributed by atoms with Gasteiger partial charge in [-0.25, -0.2) is 14.8 Å². The fourth-order valence-electron chi connectivity index (χ4n) is 1.61. The molecule has 0 aliphatic rings. The van der Waals surface area contributed by atoms with E-state index in [4.69, 9.17) is 4.42 Å². The third-order valence-corrected chi connectivity index (χ3v) is 2.55. The van der Waals surface area contributed by atoms with Crippen LogP contribution in [-0.4, -0.2) is 23.0 Å². The van der Waals surface area contributed by atoms with Crippen molar-refractivity contribution in [1.82, 2.24) is 9.97 Å². The highest BCUT2D eigenvalue weighted by atomic mass is 16.5. The van der Waals surface area contributed by atoms with E-state index in [9.17, 15) is 4.79 Å². The zero-order valence-corrected chi connectivity index (χ0v) is 11.0. The van der Waals surface area contributed by atoms with Gasteiger partial charge < -0.3 is 14.5 Å². The molecule has 0 radical (unpaired) electrons. The molecule has 2 aromatic heterocycles. The average Bonchev–Trinajstić information content (AvgIpc) is 2.85. The number of aromatic nitrogens is 2. The van der Waals surface area contributed by atoms with Crippen LogP contribution in [0.2, 0.25) is 0 Å². The number of rotatable bonds is 4. The molecule has 0 fully saturated rings. The molecule has 0 bridgehead atoms. The van der Waals surface area contributed by atoms with Gasteiger partial charge in [0, 0.05) is 6.20 Å². The van der Waals surface area contributed by atoms with E-state index in [-0.39, 0.29) is 6.04 Å². The SMILES string of the molecule is COC(=O)c1ccnc(NC(C)c2ncc(C)o2)c1. The summed E-state index contributed by atoms with van der Waals surface area (Å²) in [5.74, 6) is 1.49. The second-order valence-corrected chi connectivity index (χ2v) is 4.10. The van der Waals surface area contributed by atoms with Crippen molar-refractivity contribution < 1.29 is 13.9 Å². The van der Waals surface area contributed by atoms with Crippen molar-refractivity contribution in [1.29, 1.82) is 0 Å². The minimum absolute atomic E-state index is 0.144. The Bertz CT molecular complexity index is 580. The molecule has 6 nitrogen and oxygen atoms in total. The summed E-state index contributed by atoms with van der Waals surface area (Å²) in [7, 11) is 1.34. The maximum absolute atomic E-state index is 11.4. The summed E-state index contributed by atoms with van der Waals surface area (Å²) in [5, 5.41) is 3.12. The minimum Gasteiger partial charge on any atom is -0.465 e. The number of oxazole rings is 1. The Morgan fingerprint density at radius 1 is 1.47 bits per heavy atom. The van der Waals surface area contributed by atoms with Gasteiger partial charge in [0.15, 0.2) is 0 Å². The van der Waals surface area contributed by atoms with Gasteiger partial charge in [-0.15, -0.1) is 0 Å². The molecular formula is C13H15N3O3. The Labute approximate surface area is 110 Å². The molecule has 0 aliphatic carbocycles. The Balaban J connectivity index is 2.12. The molecule has 1 unspecified atom stereocenters. The third kappa shape index (κ3) is 3.09. The molecule has 1 atom stereocenters. The maximum Gasteiger partial charge on any atom is 0.338 e. The lowest BCUT2D eigenvalue weighted by atomic mass is 10.2. The van der Waals surface area contributed by atoms with E-state index in [1.807, 2.05) is 13.8 Å². The van der Waals surface area contributed by atoms with Gasteiger partial charge in [-0.1, -0.05) is 0 Å². The highest BCUT2D eigenvalue weighted by Gasteiger charge is 2.13. The van der Waals surface area contributed by atoms with Crippen LogP contribution in [0.15, 0.2) is 28.9 Å². The predicted molar refractivity (Wildman–Crippen MR) is 68.9 cm³/mol. The highest BCUT2D eigenvalue weighted by Crippen LogP contribution is 2.18. The number of nitrogens with zero attached hydrogens (tertiary/aromatic N) is 2. The van der Waals surface area contributed by atoms with Gasteiger partial charge in [0.25, 0.3) is 0 Å². The van der Waals surface area contributed by atoms with Crippen molar-refractivity contribution in [3.05, 3.63) is 41.7 Å². The van der Waals surface area contributed by atoms with Crippen molar-refractivity contribution in [2.24, 2.45) is 0 Å². The number of esters is 1. The molecule has 19 heavy (non-hydrogen) atoms. The van der Waals surface area contributed by atoms with Crippen molar-refractivity contribution >= 4 is 11.8 Å². The lowest BCUT2D eigenvalue weighted by molar-refractivity contribution is 0.0600. The number of hydrogen-bond acceptors (Lipinski definition) is 6. The summed E-state index contributed by atoms with van der Waals surface area (Å²) in [6.07, 6.45) is 3.20. The Hall–Kier alpha value is -2.37. The van der Waals surface area contributed by atoms with Crippen LogP contribution in [0.5, 0.6) is 0 Å². The fraction of sp³-hybridized carbons (Fsp3) is 0.308. The van der Waals surface area contributed by atoms with E-state index in [1.54, 1.807) is 24.5 Å². The summed E-state index contributed by atoms with van der Waals surface area (Å²) in [6.45, 7) is 3.73. The number of aryl methyl sites for hydroxylation is 1. The van der Waals surface area contributed by atoms with Crippen LogP contribution in [0.3, 0.4) is 0 Å². The maximum atomic E-state index is 11.4. The molecule has 1 N–H and O–H groups in total. The lowest BCUT2D eigenvalue weighted by Gasteiger charge is -2.11. The van der Waals surface area contributed by atoms with E-state index in [2.05, 4.69) is 20.0 Å². The van der Waals surface area contributed by atoms with Crippen molar-refractivity contribution in [3.8, 4) is 0 Å². The molecule has 0 saturated heterocycles. The number of pyridine rings is 1. The topological polar surface area (TPSA) is 77.2 Å². The summed E-state index contributed by atoms with van der Waals surface area (Å²) in [4.78, 5) is 19.7. The Morgan fingerprint density at radius 3 is 2.89 bits per heavy atom. The Kier molecular flexibility index (Phi) is 3.79. The van der Waals surface area contributed by atoms with Crippen molar-refractivity contribution in [2.75, 3.05) is 12.4 Å². The van der Waals surface area contributed by atoms with Crippen LogP contribution < -0.4 is 5.32 Å². The van der Waals surface area contributed by atoms with E-state index in [0.717, 1.165) is 5.76 Å². The number of ether oxygens (including phenoxy) is 1. The molecule has 6 heteroatoms. The first-order valence-electron chi connectivity index (χ1n) is 5.83. The number of anilines is 1. The first-order chi connectivity index (χ1) is 9.10. The van der Waals surface area contributed by atoms with Gasteiger partial charge in [-0.05, 0) is 26.0 Å². The number of nitrogens with one attached hydrogen (secondary N) is 1. The summed E-state index contributed by atoms with van der Waals surface area (Å²) in [5.41, 5.74) is 0.441. The van der Waals surface area contributed by atoms with E-state index >= 15 is 0 Å². The van der Waals surface area contributed by atoms with Gasteiger partial charge in [0.1, 0.15) is 17.6 Å². The largest absolute Gasteiger partial charge is 0.465 e. The molecule has 0 amide bonds. The van der Waals surface area contributed by atoms with E-state index < -0.39 is 5.97 Å². The van der Waals surface area contributed by atoms with E-state index in [1.165, 1.54) is 7.11 Å². The predicted octanol–water partition coefficient (Wildman–Crippen LogP) is 2.34. The molecule has 0 saturated carbocycles. The molecule has 100 valence electrons. The molecule has 0 spiro atoms. The first-order valence-corrected chi connectivity index (χ1v) is 5.83. The zero-order valence-electron chi connectivity index (χ0n) is 11.0. The van der Waals surface area contributed by atoms with Gasteiger partial charge in [0.05, 0.1) is 18.9 Å². The van der Waals surface area contributed by atoms with Crippen molar-refractivity contribution in [2.45, 2.75) is 19.9 Å². The summed E-state index contributed by atoms with van der Waals surface area (Å²) in [6, 6.07) is 3.07. The smallest absolute Gasteiger partial charge is 0.338 e.